The number of nitrogens with two attached hydrogens (primary N) is 1. The van der Waals surface area contributed by atoms with E-state index in [0.717, 1.165) is 16.9 Å². The summed E-state index contributed by atoms with van der Waals surface area (Å²) in [6, 6.07) is 6.13. The normalized spacial score (nSPS) is 14.9. The van der Waals surface area contributed by atoms with Crippen LogP contribution in [0.3, 0.4) is 0 Å². The summed E-state index contributed by atoms with van der Waals surface area (Å²) in [4.78, 5) is 0. The van der Waals surface area contributed by atoms with Gasteiger partial charge in [0.15, 0.2) is 0 Å². The van der Waals surface area contributed by atoms with E-state index >= 15 is 0 Å². The first-order valence-corrected chi connectivity index (χ1v) is 6.02. The zero-order valence-electron chi connectivity index (χ0n) is 10.3. The molecule has 0 heterocycles. The molecular weight excluding hydrogens is 222 g/mol. The van der Waals surface area contributed by atoms with Crippen molar-refractivity contribution in [2.24, 2.45) is 5.73 Å². The van der Waals surface area contributed by atoms with Gasteiger partial charge >= 0.3 is 0 Å². The minimum absolute atomic E-state index is 0.122. The Labute approximate surface area is 103 Å². The van der Waals surface area contributed by atoms with Gasteiger partial charge < -0.3 is 10.5 Å². The Kier molecular flexibility index (Phi) is 4.63. The van der Waals surface area contributed by atoms with Crippen molar-refractivity contribution in [1.82, 2.24) is 0 Å². The van der Waals surface area contributed by atoms with E-state index in [1.165, 1.54) is 0 Å². The quantitative estimate of drug-likeness (QED) is 0.648. The molecule has 0 aliphatic heterocycles. The second-order valence-electron chi connectivity index (χ2n) is 4.42. The molecule has 0 aliphatic carbocycles. The van der Waals surface area contributed by atoms with E-state index in [1.807, 2.05) is 39.8 Å². The zero-order chi connectivity index (χ0) is 12.3. The summed E-state index contributed by atoms with van der Waals surface area (Å²) < 4.78 is 5.73. The van der Waals surface area contributed by atoms with Crippen LogP contribution in [0.4, 0.5) is 0 Å². The lowest BCUT2D eigenvalue weighted by Crippen LogP contribution is -2.19. The number of halogens is 1. The van der Waals surface area contributed by atoms with Crippen molar-refractivity contribution in [2.75, 3.05) is 0 Å². The van der Waals surface area contributed by atoms with Crippen LogP contribution < -0.4 is 10.5 Å². The van der Waals surface area contributed by atoms with Crippen LogP contribution in [0.2, 0.25) is 0 Å². The van der Waals surface area contributed by atoms with Crippen LogP contribution in [0.5, 0.6) is 5.75 Å². The smallest absolute Gasteiger partial charge is 0.122 e. The van der Waals surface area contributed by atoms with Crippen LogP contribution in [-0.2, 0) is 0 Å². The molecule has 1 aromatic rings. The molecule has 2 nitrogen and oxygen atoms in total. The van der Waals surface area contributed by atoms with Gasteiger partial charge in [0, 0.05) is 5.92 Å². The molecule has 1 aromatic carbocycles. The highest BCUT2D eigenvalue weighted by atomic mass is 35.5. The predicted molar refractivity (Wildman–Crippen MR) is 69.2 cm³/mol. The molecule has 1 rings (SSSR count). The Bertz CT molecular complexity index is 350. The van der Waals surface area contributed by atoms with Crippen LogP contribution >= 0.6 is 11.6 Å². The Morgan fingerprint density at radius 1 is 1.25 bits per heavy atom. The van der Waals surface area contributed by atoms with E-state index in [0.29, 0.717) is 0 Å². The molecule has 0 saturated heterocycles. The van der Waals surface area contributed by atoms with Crippen LogP contribution in [0.25, 0.3) is 0 Å². The summed E-state index contributed by atoms with van der Waals surface area (Å²) >= 11 is 5.90. The molecule has 0 amide bonds. The molecule has 2 N–H and O–H groups in total. The van der Waals surface area contributed by atoms with Crippen molar-refractivity contribution in [3.05, 3.63) is 29.3 Å². The summed E-state index contributed by atoms with van der Waals surface area (Å²) in [5, 5.41) is 0. The average Bonchev–Trinajstić information content (AvgIpc) is 2.19. The van der Waals surface area contributed by atoms with E-state index in [1.54, 1.807) is 0 Å². The van der Waals surface area contributed by atoms with Crippen molar-refractivity contribution in [3.8, 4) is 5.75 Å². The standard InChI is InChI=1S/C13H20ClNO/c1-8(2)16-12-7-11(6-5-9(12)3)10(4)13(14)15/h5-8,10,13H,15H2,1-4H3. The van der Waals surface area contributed by atoms with E-state index in [2.05, 4.69) is 6.07 Å². The Hall–Kier alpha value is -0.730. The van der Waals surface area contributed by atoms with Gasteiger partial charge in [0.05, 0.1) is 11.6 Å². The zero-order valence-corrected chi connectivity index (χ0v) is 11.1. The van der Waals surface area contributed by atoms with E-state index in [-0.39, 0.29) is 17.5 Å². The topological polar surface area (TPSA) is 35.2 Å². The SMILES string of the molecule is Cc1ccc(C(C)C(N)Cl)cc1OC(C)C. The van der Waals surface area contributed by atoms with Gasteiger partial charge in [0.2, 0.25) is 0 Å². The third-order valence-electron chi connectivity index (χ3n) is 2.58. The van der Waals surface area contributed by atoms with E-state index < -0.39 is 0 Å². The summed E-state index contributed by atoms with van der Waals surface area (Å²) in [7, 11) is 0. The second kappa shape index (κ2) is 5.55. The lowest BCUT2D eigenvalue weighted by molar-refractivity contribution is 0.240. The molecule has 2 unspecified atom stereocenters. The van der Waals surface area contributed by atoms with Gasteiger partial charge in [-0.2, -0.15) is 0 Å². The molecule has 0 saturated carbocycles. The minimum Gasteiger partial charge on any atom is -0.491 e. The average molecular weight is 242 g/mol. The molecule has 0 radical (unpaired) electrons. The molecular formula is C13H20ClNO. The number of benzene rings is 1. The fraction of sp³-hybridized carbons (Fsp3) is 0.538. The van der Waals surface area contributed by atoms with Gasteiger partial charge in [-0.05, 0) is 38.0 Å². The lowest BCUT2D eigenvalue weighted by Gasteiger charge is -2.18. The molecule has 16 heavy (non-hydrogen) atoms. The number of alkyl halides is 1. The predicted octanol–water partition coefficient (Wildman–Crippen LogP) is 3.41. The fourth-order valence-electron chi connectivity index (χ4n) is 1.46. The number of hydrogen-bond acceptors (Lipinski definition) is 2. The third kappa shape index (κ3) is 3.39. The maximum absolute atomic E-state index is 5.90. The molecule has 0 spiro atoms. The van der Waals surface area contributed by atoms with Gasteiger partial charge in [0.1, 0.15) is 5.75 Å². The van der Waals surface area contributed by atoms with Gasteiger partial charge in [-0.15, -0.1) is 11.6 Å². The van der Waals surface area contributed by atoms with Crippen LogP contribution in [-0.4, -0.2) is 11.6 Å². The molecule has 0 aromatic heterocycles. The maximum atomic E-state index is 5.90. The first-order chi connectivity index (χ1) is 7.41. The van der Waals surface area contributed by atoms with Gasteiger partial charge in [-0.25, -0.2) is 0 Å². The minimum atomic E-state index is -0.366. The second-order valence-corrected chi connectivity index (χ2v) is 4.93. The van der Waals surface area contributed by atoms with Crippen LogP contribution in [0, 0.1) is 6.92 Å². The molecule has 0 fully saturated rings. The third-order valence-corrected chi connectivity index (χ3v) is 2.96. The van der Waals surface area contributed by atoms with Gasteiger partial charge in [-0.1, -0.05) is 19.1 Å². The Morgan fingerprint density at radius 3 is 2.38 bits per heavy atom. The molecule has 90 valence electrons. The molecule has 2 atom stereocenters. The highest BCUT2D eigenvalue weighted by Gasteiger charge is 2.14. The molecule has 0 bridgehead atoms. The van der Waals surface area contributed by atoms with Crippen LogP contribution in [0.15, 0.2) is 18.2 Å². The summed E-state index contributed by atoms with van der Waals surface area (Å²) in [6.07, 6.45) is 0.175. The van der Waals surface area contributed by atoms with Crippen molar-refractivity contribution in [3.63, 3.8) is 0 Å². The highest BCUT2D eigenvalue weighted by Crippen LogP contribution is 2.27. The summed E-state index contributed by atoms with van der Waals surface area (Å²) in [6.45, 7) is 8.08. The largest absolute Gasteiger partial charge is 0.491 e. The van der Waals surface area contributed by atoms with Crippen molar-refractivity contribution < 1.29 is 4.74 Å². The fourth-order valence-corrected chi connectivity index (χ4v) is 1.61. The number of rotatable bonds is 4. The lowest BCUT2D eigenvalue weighted by atomic mass is 9.99. The van der Waals surface area contributed by atoms with Gasteiger partial charge in [-0.3, -0.25) is 0 Å². The Balaban J connectivity index is 2.97. The van der Waals surface area contributed by atoms with E-state index in [4.69, 9.17) is 22.1 Å². The first-order valence-electron chi connectivity index (χ1n) is 5.58. The molecule has 0 aliphatic rings. The summed E-state index contributed by atoms with van der Waals surface area (Å²) in [5.74, 6) is 1.04. The molecule has 3 heteroatoms. The maximum Gasteiger partial charge on any atom is 0.122 e. The number of aryl methyl sites for hydroxylation is 1. The summed E-state index contributed by atoms with van der Waals surface area (Å²) in [5.41, 5.74) is 7.56. The Morgan fingerprint density at radius 2 is 1.88 bits per heavy atom. The monoisotopic (exact) mass is 241 g/mol. The van der Waals surface area contributed by atoms with Crippen LogP contribution in [0.1, 0.15) is 37.8 Å². The number of hydrogen-bond donors (Lipinski definition) is 1. The van der Waals surface area contributed by atoms with E-state index in [9.17, 15) is 0 Å². The van der Waals surface area contributed by atoms with Crippen molar-refractivity contribution in [1.29, 1.82) is 0 Å². The van der Waals surface area contributed by atoms with Gasteiger partial charge in [0.25, 0.3) is 0 Å². The highest BCUT2D eigenvalue weighted by molar-refractivity contribution is 6.20. The first kappa shape index (κ1) is 13.3. The number of ether oxygens (including phenoxy) is 1. The van der Waals surface area contributed by atoms with Crippen molar-refractivity contribution >= 4 is 11.6 Å². The van der Waals surface area contributed by atoms with Crippen molar-refractivity contribution in [2.45, 2.75) is 45.2 Å².